The lowest BCUT2D eigenvalue weighted by Crippen LogP contribution is -2.36. The Morgan fingerprint density at radius 3 is 2.29 bits per heavy atom. The van der Waals surface area contributed by atoms with E-state index in [9.17, 15) is 4.79 Å². The number of nitrogens with two attached hydrogens (primary N) is 1. The summed E-state index contributed by atoms with van der Waals surface area (Å²) in [5, 5.41) is 0. The number of carbonyl (C=O) groups is 1. The maximum Gasteiger partial charge on any atom is 0.307 e. The summed E-state index contributed by atoms with van der Waals surface area (Å²) in [6.45, 7) is 5.44. The van der Waals surface area contributed by atoms with Crippen LogP contribution in [0.15, 0.2) is 0 Å². The second-order valence-electron chi connectivity index (χ2n) is 7.22. The average molecular weight is 341 g/mol. The molecule has 4 nitrogen and oxygen atoms in total. The molecule has 1 rings (SSSR count). The molecule has 0 radical (unpaired) electrons. The van der Waals surface area contributed by atoms with Crippen molar-refractivity contribution in [1.82, 2.24) is 4.90 Å². The topological polar surface area (TPSA) is 55.6 Å². The van der Waals surface area contributed by atoms with Gasteiger partial charge in [-0.25, -0.2) is 0 Å². The Morgan fingerprint density at radius 1 is 1.04 bits per heavy atom. The predicted molar refractivity (Wildman–Crippen MR) is 101 cm³/mol. The minimum atomic E-state index is -0.0476. The molecular weight excluding hydrogens is 300 g/mol. The molecule has 1 fully saturated rings. The summed E-state index contributed by atoms with van der Waals surface area (Å²) in [5.41, 5.74) is 5.75. The number of ether oxygens (including phenoxy) is 1. The van der Waals surface area contributed by atoms with Crippen LogP contribution in [0.25, 0.3) is 0 Å². The van der Waals surface area contributed by atoms with Gasteiger partial charge in [0.25, 0.3) is 0 Å². The first kappa shape index (κ1) is 21.4. The van der Waals surface area contributed by atoms with Crippen LogP contribution in [0.5, 0.6) is 0 Å². The standard InChI is InChI=1S/C20H40N2O2/c1-2-3-4-5-6-7-8-9-10-11-17-24-20(23)14-16-22-15-12-13-19(22)18-21/h19H,2-18,21H2,1H3/t19-/m0/s1. The van der Waals surface area contributed by atoms with Crippen LogP contribution in [0.3, 0.4) is 0 Å². The molecule has 0 aromatic carbocycles. The normalized spacial score (nSPS) is 18.2. The SMILES string of the molecule is CCCCCCCCCCCCOC(=O)CCN1CCC[C@H]1CN. The number of nitrogens with zero attached hydrogens (tertiary/aromatic N) is 1. The molecule has 0 aliphatic carbocycles. The highest BCUT2D eigenvalue weighted by Crippen LogP contribution is 2.16. The highest BCUT2D eigenvalue weighted by Gasteiger charge is 2.23. The van der Waals surface area contributed by atoms with Gasteiger partial charge in [-0.05, 0) is 25.8 Å². The largest absolute Gasteiger partial charge is 0.466 e. The van der Waals surface area contributed by atoms with Crippen molar-refractivity contribution in [1.29, 1.82) is 0 Å². The zero-order valence-electron chi connectivity index (χ0n) is 15.9. The molecule has 2 N–H and O–H groups in total. The minimum Gasteiger partial charge on any atom is -0.466 e. The first-order chi connectivity index (χ1) is 11.8. The number of unbranched alkanes of at least 4 members (excludes halogenated alkanes) is 9. The number of hydrogen-bond acceptors (Lipinski definition) is 4. The Morgan fingerprint density at radius 2 is 1.67 bits per heavy atom. The Balaban J connectivity index is 1.84. The van der Waals surface area contributed by atoms with E-state index in [0.717, 1.165) is 19.5 Å². The third-order valence-electron chi connectivity index (χ3n) is 5.14. The molecule has 0 bridgehead atoms. The molecule has 142 valence electrons. The van der Waals surface area contributed by atoms with E-state index >= 15 is 0 Å². The summed E-state index contributed by atoms with van der Waals surface area (Å²) in [6.07, 6.45) is 15.9. The van der Waals surface area contributed by atoms with Crippen LogP contribution in [-0.2, 0) is 9.53 Å². The fraction of sp³-hybridized carbons (Fsp3) is 0.950. The van der Waals surface area contributed by atoms with E-state index in [4.69, 9.17) is 10.5 Å². The Bertz CT molecular complexity index is 310. The van der Waals surface area contributed by atoms with E-state index in [-0.39, 0.29) is 5.97 Å². The number of likely N-dealkylation sites (tertiary alicyclic amines) is 1. The lowest BCUT2D eigenvalue weighted by atomic mass is 10.1. The van der Waals surface area contributed by atoms with Gasteiger partial charge in [0.1, 0.15) is 0 Å². The second kappa shape index (κ2) is 14.7. The Labute approximate surface area is 149 Å². The summed E-state index contributed by atoms with van der Waals surface area (Å²) >= 11 is 0. The fourth-order valence-corrected chi connectivity index (χ4v) is 3.54. The molecule has 1 heterocycles. The molecule has 0 saturated carbocycles. The van der Waals surface area contributed by atoms with Crippen LogP contribution in [0.4, 0.5) is 0 Å². The van der Waals surface area contributed by atoms with E-state index in [0.29, 0.717) is 25.6 Å². The van der Waals surface area contributed by atoms with Crippen molar-refractivity contribution >= 4 is 5.97 Å². The van der Waals surface area contributed by atoms with Crippen molar-refractivity contribution in [2.75, 3.05) is 26.2 Å². The van der Waals surface area contributed by atoms with Gasteiger partial charge < -0.3 is 10.5 Å². The molecule has 0 unspecified atom stereocenters. The van der Waals surface area contributed by atoms with Gasteiger partial charge in [-0.3, -0.25) is 9.69 Å². The van der Waals surface area contributed by atoms with Gasteiger partial charge in [0.2, 0.25) is 0 Å². The molecule has 1 saturated heterocycles. The third kappa shape index (κ3) is 10.3. The molecule has 1 aliphatic rings. The molecule has 0 amide bonds. The summed E-state index contributed by atoms with van der Waals surface area (Å²) in [6, 6.07) is 0.472. The molecule has 4 heteroatoms. The van der Waals surface area contributed by atoms with E-state index in [1.807, 2.05) is 0 Å². The summed E-state index contributed by atoms with van der Waals surface area (Å²) in [4.78, 5) is 14.1. The molecular formula is C20H40N2O2. The van der Waals surface area contributed by atoms with Crippen LogP contribution in [0.1, 0.15) is 90.4 Å². The number of carbonyl (C=O) groups excluding carboxylic acids is 1. The van der Waals surface area contributed by atoms with Gasteiger partial charge >= 0.3 is 5.97 Å². The van der Waals surface area contributed by atoms with Crippen LogP contribution in [-0.4, -0.2) is 43.2 Å². The molecule has 0 spiro atoms. The van der Waals surface area contributed by atoms with Crippen LogP contribution in [0, 0.1) is 0 Å². The Hall–Kier alpha value is -0.610. The van der Waals surface area contributed by atoms with Crippen molar-refractivity contribution in [2.24, 2.45) is 5.73 Å². The predicted octanol–water partition coefficient (Wildman–Crippen LogP) is 4.26. The lowest BCUT2D eigenvalue weighted by molar-refractivity contribution is -0.144. The summed E-state index contributed by atoms with van der Waals surface area (Å²) in [7, 11) is 0. The van der Waals surface area contributed by atoms with E-state index in [1.54, 1.807) is 0 Å². The number of rotatable bonds is 15. The van der Waals surface area contributed by atoms with Crippen molar-refractivity contribution in [3.05, 3.63) is 0 Å². The van der Waals surface area contributed by atoms with E-state index < -0.39 is 0 Å². The zero-order valence-corrected chi connectivity index (χ0v) is 15.9. The highest BCUT2D eigenvalue weighted by atomic mass is 16.5. The zero-order chi connectivity index (χ0) is 17.5. The third-order valence-corrected chi connectivity index (χ3v) is 5.14. The molecule has 24 heavy (non-hydrogen) atoms. The molecule has 0 aromatic rings. The molecule has 1 atom stereocenters. The van der Waals surface area contributed by atoms with E-state index in [1.165, 1.54) is 70.6 Å². The maximum atomic E-state index is 11.8. The van der Waals surface area contributed by atoms with Gasteiger partial charge in [-0.2, -0.15) is 0 Å². The van der Waals surface area contributed by atoms with Gasteiger partial charge in [-0.1, -0.05) is 64.7 Å². The van der Waals surface area contributed by atoms with Crippen LogP contribution >= 0.6 is 0 Å². The monoisotopic (exact) mass is 340 g/mol. The van der Waals surface area contributed by atoms with Crippen LogP contribution < -0.4 is 5.73 Å². The van der Waals surface area contributed by atoms with Crippen molar-refractivity contribution < 1.29 is 9.53 Å². The van der Waals surface area contributed by atoms with Gasteiger partial charge in [0.15, 0.2) is 0 Å². The molecule has 1 aliphatic heterocycles. The molecule has 0 aromatic heterocycles. The lowest BCUT2D eigenvalue weighted by Gasteiger charge is -2.22. The number of hydrogen-bond donors (Lipinski definition) is 1. The first-order valence-corrected chi connectivity index (χ1v) is 10.4. The fourth-order valence-electron chi connectivity index (χ4n) is 3.54. The minimum absolute atomic E-state index is 0.0476. The first-order valence-electron chi connectivity index (χ1n) is 10.4. The summed E-state index contributed by atoms with van der Waals surface area (Å²) in [5.74, 6) is -0.0476. The van der Waals surface area contributed by atoms with Crippen molar-refractivity contribution in [3.8, 4) is 0 Å². The average Bonchev–Trinajstić information content (AvgIpc) is 3.05. The smallest absolute Gasteiger partial charge is 0.307 e. The second-order valence-corrected chi connectivity index (χ2v) is 7.22. The van der Waals surface area contributed by atoms with Gasteiger partial charge in [0, 0.05) is 19.1 Å². The van der Waals surface area contributed by atoms with Crippen LogP contribution in [0.2, 0.25) is 0 Å². The quantitative estimate of drug-likeness (QED) is 0.357. The highest BCUT2D eigenvalue weighted by molar-refractivity contribution is 5.69. The van der Waals surface area contributed by atoms with Crippen molar-refractivity contribution in [2.45, 2.75) is 96.4 Å². The van der Waals surface area contributed by atoms with Gasteiger partial charge in [-0.15, -0.1) is 0 Å². The number of esters is 1. The van der Waals surface area contributed by atoms with Crippen molar-refractivity contribution in [3.63, 3.8) is 0 Å². The van der Waals surface area contributed by atoms with Gasteiger partial charge in [0.05, 0.1) is 13.0 Å². The Kier molecular flexibility index (Phi) is 13.1. The van der Waals surface area contributed by atoms with E-state index in [2.05, 4.69) is 11.8 Å². The summed E-state index contributed by atoms with van der Waals surface area (Å²) < 4.78 is 5.35. The maximum absolute atomic E-state index is 11.8.